The Hall–Kier alpha value is -1.62. The van der Waals surface area contributed by atoms with Gasteiger partial charge in [0, 0.05) is 12.1 Å². The summed E-state index contributed by atoms with van der Waals surface area (Å²) >= 11 is 0. The average molecular weight is 422 g/mol. The number of benzene rings is 1. The molecule has 0 radical (unpaired) electrons. The predicted octanol–water partition coefficient (Wildman–Crippen LogP) is 4.02. The molecule has 1 aliphatic heterocycles. The third kappa shape index (κ3) is 5.05. The molecule has 2 N–H and O–H groups in total. The van der Waals surface area contributed by atoms with Crippen molar-refractivity contribution in [2.45, 2.75) is 38.6 Å². The summed E-state index contributed by atoms with van der Waals surface area (Å²) in [6.45, 7) is 4.17. The lowest BCUT2D eigenvalue weighted by Crippen LogP contribution is -2.36. The van der Waals surface area contributed by atoms with Crippen LogP contribution in [-0.4, -0.2) is 24.0 Å². The summed E-state index contributed by atoms with van der Waals surface area (Å²) < 4.78 is 0. The van der Waals surface area contributed by atoms with Gasteiger partial charge in [0.2, 0.25) is 5.91 Å². The average Bonchev–Trinajstić information content (AvgIpc) is 3.37. The molecule has 2 atom stereocenters. The maximum absolute atomic E-state index is 12.9. The van der Waals surface area contributed by atoms with Crippen LogP contribution in [-0.2, 0) is 11.2 Å². The van der Waals surface area contributed by atoms with Crippen molar-refractivity contribution in [3.8, 4) is 0 Å². The lowest BCUT2D eigenvalue weighted by molar-refractivity contribution is -0.124. The van der Waals surface area contributed by atoms with Crippen LogP contribution in [0.15, 0.2) is 48.7 Å². The van der Waals surface area contributed by atoms with E-state index in [1.54, 1.807) is 6.20 Å². The van der Waals surface area contributed by atoms with E-state index >= 15 is 0 Å². The van der Waals surface area contributed by atoms with Crippen molar-refractivity contribution < 1.29 is 4.79 Å². The van der Waals surface area contributed by atoms with E-state index in [4.69, 9.17) is 0 Å². The topological polar surface area (TPSA) is 54.0 Å². The van der Waals surface area contributed by atoms with Gasteiger partial charge in [-0.05, 0) is 68.8 Å². The van der Waals surface area contributed by atoms with Crippen molar-refractivity contribution in [3.63, 3.8) is 0 Å². The monoisotopic (exact) mass is 421 g/mol. The molecule has 1 amide bonds. The number of nitrogens with one attached hydrogen (secondary N) is 2. The Kier molecular flexibility index (Phi) is 7.87. The summed E-state index contributed by atoms with van der Waals surface area (Å²) in [5, 5.41) is 6.71. The first-order chi connectivity index (χ1) is 12.7. The van der Waals surface area contributed by atoms with Gasteiger partial charge < -0.3 is 10.6 Å². The van der Waals surface area contributed by atoms with Crippen LogP contribution in [0.5, 0.6) is 0 Å². The molecule has 0 bridgehead atoms. The molecule has 1 saturated heterocycles. The second kappa shape index (κ2) is 9.73. The lowest BCUT2D eigenvalue weighted by Gasteiger charge is -2.24. The fraction of sp³-hybridized carbons (Fsp3) is 0.455. The Labute approximate surface area is 179 Å². The summed E-state index contributed by atoms with van der Waals surface area (Å²) in [7, 11) is 0. The van der Waals surface area contributed by atoms with Crippen LogP contribution in [0.3, 0.4) is 0 Å². The highest BCUT2D eigenvalue weighted by Crippen LogP contribution is 2.58. The zero-order chi connectivity index (χ0) is 18.0. The van der Waals surface area contributed by atoms with Crippen LogP contribution >= 0.6 is 24.8 Å². The third-order valence-electron chi connectivity index (χ3n) is 6.03. The summed E-state index contributed by atoms with van der Waals surface area (Å²) in [4.78, 5) is 17.5. The molecule has 6 heteroatoms. The molecule has 4 rings (SSSR count). The normalized spacial score (nSPS) is 20.4. The summed E-state index contributed by atoms with van der Waals surface area (Å²) in [5.74, 6) is 0.378. The first kappa shape index (κ1) is 22.7. The molecule has 2 heterocycles. The van der Waals surface area contributed by atoms with Gasteiger partial charge in [0.1, 0.15) is 0 Å². The highest BCUT2D eigenvalue weighted by molar-refractivity contribution is 5.85. The van der Waals surface area contributed by atoms with E-state index in [-0.39, 0.29) is 48.1 Å². The van der Waals surface area contributed by atoms with Gasteiger partial charge in [-0.15, -0.1) is 24.8 Å². The number of halogens is 2. The van der Waals surface area contributed by atoms with E-state index in [9.17, 15) is 4.79 Å². The Morgan fingerprint density at radius 3 is 2.54 bits per heavy atom. The minimum atomic E-state index is -0.0780. The number of aryl methyl sites for hydroxylation is 1. The SMILES string of the molecule is Cc1ccc(CC(NC(=O)C2CC23CCNCC3)c2ccccn2)cc1.Cl.Cl. The van der Waals surface area contributed by atoms with Crippen LogP contribution < -0.4 is 10.6 Å². The van der Waals surface area contributed by atoms with Crippen LogP contribution in [0, 0.1) is 18.3 Å². The Morgan fingerprint density at radius 1 is 1.18 bits per heavy atom. The van der Waals surface area contributed by atoms with E-state index in [1.807, 2.05) is 18.2 Å². The van der Waals surface area contributed by atoms with Crippen molar-refractivity contribution in [1.82, 2.24) is 15.6 Å². The standard InChI is InChI=1S/C22H27N3O.2ClH/c1-16-5-7-17(8-6-16)14-20(19-4-2-3-11-24-19)25-21(26)18-15-22(18)9-12-23-13-10-22;;/h2-8,11,18,20,23H,9-10,12-15H2,1H3,(H,25,26);2*1H. The Balaban J connectivity index is 0.00000140. The summed E-state index contributed by atoms with van der Waals surface area (Å²) in [6, 6.07) is 14.4. The highest BCUT2D eigenvalue weighted by atomic mass is 35.5. The van der Waals surface area contributed by atoms with Gasteiger partial charge in [-0.3, -0.25) is 9.78 Å². The molecule has 4 nitrogen and oxygen atoms in total. The van der Waals surface area contributed by atoms with Crippen LogP contribution in [0.2, 0.25) is 0 Å². The number of pyridine rings is 1. The van der Waals surface area contributed by atoms with Gasteiger partial charge in [-0.25, -0.2) is 0 Å². The van der Waals surface area contributed by atoms with Crippen LogP contribution in [0.1, 0.15) is 42.1 Å². The zero-order valence-electron chi connectivity index (χ0n) is 16.2. The molecule has 2 aliphatic rings. The van der Waals surface area contributed by atoms with Crippen LogP contribution in [0.4, 0.5) is 0 Å². The van der Waals surface area contributed by atoms with Crippen LogP contribution in [0.25, 0.3) is 0 Å². The van der Waals surface area contributed by atoms with Crippen molar-refractivity contribution in [2.24, 2.45) is 11.3 Å². The number of carbonyl (C=O) groups is 1. The number of hydrogen-bond donors (Lipinski definition) is 2. The van der Waals surface area contributed by atoms with Crippen molar-refractivity contribution in [1.29, 1.82) is 0 Å². The van der Waals surface area contributed by atoms with E-state index in [0.29, 0.717) is 0 Å². The first-order valence-corrected chi connectivity index (χ1v) is 9.64. The summed E-state index contributed by atoms with van der Waals surface area (Å²) in [5.41, 5.74) is 3.66. The number of amides is 1. The molecule has 2 aromatic rings. The van der Waals surface area contributed by atoms with Gasteiger partial charge in [-0.1, -0.05) is 35.9 Å². The van der Waals surface area contributed by atoms with Gasteiger partial charge in [0.15, 0.2) is 0 Å². The van der Waals surface area contributed by atoms with Gasteiger partial charge >= 0.3 is 0 Å². The summed E-state index contributed by atoms with van der Waals surface area (Å²) in [6.07, 6.45) is 5.86. The van der Waals surface area contributed by atoms with E-state index in [2.05, 4.69) is 46.8 Å². The molecule has 1 aliphatic carbocycles. The largest absolute Gasteiger partial charge is 0.347 e. The van der Waals surface area contributed by atoms with Gasteiger partial charge in [0.05, 0.1) is 11.7 Å². The first-order valence-electron chi connectivity index (χ1n) is 9.64. The van der Waals surface area contributed by atoms with E-state index in [1.165, 1.54) is 11.1 Å². The number of piperidine rings is 1. The maximum Gasteiger partial charge on any atom is 0.224 e. The fourth-order valence-electron chi connectivity index (χ4n) is 4.24. The molecule has 28 heavy (non-hydrogen) atoms. The maximum atomic E-state index is 12.9. The fourth-order valence-corrected chi connectivity index (χ4v) is 4.24. The molecule has 152 valence electrons. The molecule has 1 aromatic carbocycles. The number of hydrogen-bond acceptors (Lipinski definition) is 3. The third-order valence-corrected chi connectivity index (χ3v) is 6.03. The van der Waals surface area contributed by atoms with Gasteiger partial charge in [-0.2, -0.15) is 0 Å². The molecule has 2 fully saturated rings. The number of rotatable bonds is 5. The Morgan fingerprint density at radius 2 is 1.89 bits per heavy atom. The molecular formula is C22H29Cl2N3O. The molecule has 1 saturated carbocycles. The van der Waals surface area contributed by atoms with Crippen molar-refractivity contribution in [3.05, 3.63) is 65.5 Å². The van der Waals surface area contributed by atoms with E-state index in [0.717, 1.165) is 44.5 Å². The Bertz CT molecular complexity index is 761. The predicted molar refractivity (Wildman–Crippen MR) is 117 cm³/mol. The lowest BCUT2D eigenvalue weighted by atomic mass is 9.91. The van der Waals surface area contributed by atoms with E-state index < -0.39 is 0 Å². The highest BCUT2D eigenvalue weighted by Gasteiger charge is 2.57. The molecule has 2 unspecified atom stereocenters. The molecule has 1 spiro atoms. The second-order valence-electron chi connectivity index (χ2n) is 7.87. The number of carbonyl (C=O) groups excluding carboxylic acids is 1. The second-order valence-corrected chi connectivity index (χ2v) is 7.87. The molecule has 1 aromatic heterocycles. The van der Waals surface area contributed by atoms with Crippen molar-refractivity contribution >= 4 is 30.7 Å². The molecular weight excluding hydrogens is 393 g/mol. The number of nitrogens with zero attached hydrogens (tertiary/aromatic N) is 1. The van der Waals surface area contributed by atoms with Gasteiger partial charge in [0.25, 0.3) is 0 Å². The minimum absolute atomic E-state index is 0. The number of aromatic nitrogens is 1. The quantitative estimate of drug-likeness (QED) is 0.765. The minimum Gasteiger partial charge on any atom is -0.347 e. The smallest absolute Gasteiger partial charge is 0.224 e. The van der Waals surface area contributed by atoms with Crippen molar-refractivity contribution in [2.75, 3.05) is 13.1 Å². The zero-order valence-corrected chi connectivity index (χ0v) is 17.8.